The van der Waals surface area contributed by atoms with Gasteiger partial charge in [-0.05, 0) is 51.8 Å². The molecule has 0 spiro atoms. The second kappa shape index (κ2) is 8.19. The molecule has 2 rings (SSSR count). The van der Waals surface area contributed by atoms with Gasteiger partial charge in [0.2, 0.25) is 0 Å². The maximum Gasteiger partial charge on any atom is 0.277 e. The lowest BCUT2D eigenvalue weighted by Crippen LogP contribution is -2.24. The quantitative estimate of drug-likeness (QED) is 0.598. The first kappa shape index (κ1) is 16.8. The molecule has 0 heterocycles. The van der Waals surface area contributed by atoms with Gasteiger partial charge in [0.15, 0.2) is 18.1 Å². The number of para-hydroxylation sites is 1. The van der Waals surface area contributed by atoms with E-state index < -0.39 is 5.91 Å². The number of hydrazone groups is 1. The van der Waals surface area contributed by atoms with Crippen molar-refractivity contribution in [3.8, 4) is 17.2 Å². The molecule has 0 saturated heterocycles. The lowest BCUT2D eigenvalue weighted by molar-refractivity contribution is -0.123. The van der Waals surface area contributed by atoms with E-state index in [-0.39, 0.29) is 12.4 Å². The van der Waals surface area contributed by atoms with E-state index in [2.05, 4.69) is 26.5 Å². The van der Waals surface area contributed by atoms with Crippen LogP contribution in [0.15, 0.2) is 52.0 Å². The number of phenols is 1. The number of carbonyl (C=O) groups is 1. The fraction of sp³-hybridized carbons (Fsp3) is 0.125. The highest BCUT2D eigenvalue weighted by Crippen LogP contribution is 2.25. The van der Waals surface area contributed by atoms with Crippen LogP contribution in [0.5, 0.6) is 17.2 Å². The number of aromatic hydroxyl groups is 1. The highest BCUT2D eigenvalue weighted by atomic mass is 79.9. The average molecular weight is 379 g/mol. The predicted octanol–water partition coefficient (Wildman–Crippen LogP) is 2.69. The largest absolute Gasteiger partial charge is 0.504 e. The van der Waals surface area contributed by atoms with Crippen molar-refractivity contribution in [2.75, 3.05) is 13.7 Å². The zero-order chi connectivity index (χ0) is 16.7. The van der Waals surface area contributed by atoms with E-state index >= 15 is 0 Å². The highest BCUT2D eigenvalue weighted by Gasteiger charge is 2.04. The second-order valence-electron chi connectivity index (χ2n) is 4.44. The number of benzene rings is 2. The summed E-state index contributed by atoms with van der Waals surface area (Å²) in [7, 11) is 1.47. The normalized spacial score (nSPS) is 10.5. The van der Waals surface area contributed by atoms with Gasteiger partial charge in [-0.25, -0.2) is 5.43 Å². The zero-order valence-corrected chi connectivity index (χ0v) is 13.9. The first-order valence-corrected chi connectivity index (χ1v) is 7.45. The number of ether oxygens (including phenoxy) is 2. The zero-order valence-electron chi connectivity index (χ0n) is 12.3. The molecule has 0 aliphatic rings. The van der Waals surface area contributed by atoms with Crippen molar-refractivity contribution in [1.82, 2.24) is 5.43 Å². The number of amides is 1. The van der Waals surface area contributed by atoms with Crippen molar-refractivity contribution in [2.24, 2.45) is 5.10 Å². The summed E-state index contributed by atoms with van der Waals surface area (Å²) in [5, 5.41) is 13.4. The van der Waals surface area contributed by atoms with Crippen LogP contribution in [-0.2, 0) is 4.79 Å². The number of nitrogens with zero attached hydrogens (tertiary/aromatic N) is 1. The van der Waals surface area contributed by atoms with Crippen LogP contribution in [0.1, 0.15) is 5.56 Å². The van der Waals surface area contributed by atoms with E-state index in [1.54, 1.807) is 18.2 Å². The number of hydrogen-bond donors (Lipinski definition) is 2. The number of hydrogen-bond acceptors (Lipinski definition) is 5. The molecule has 0 fully saturated rings. The second-order valence-corrected chi connectivity index (χ2v) is 5.30. The van der Waals surface area contributed by atoms with Crippen molar-refractivity contribution in [3.63, 3.8) is 0 Å². The Bertz CT molecular complexity index is 719. The Kier molecular flexibility index (Phi) is 5.99. The topological polar surface area (TPSA) is 80.2 Å². The molecule has 2 N–H and O–H groups in total. The van der Waals surface area contributed by atoms with Crippen LogP contribution in [0.2, 0.25) is 0 Å². The molecule has 23 heavy (non-hydrogen) atoms. The Morgan fingerprint density at radius 1 is 1.30 bits per heavy atom. The van der Waals surface area contributed by atoms with Gasteiger partial charge in [0, 0.05) is 0 Å². The van der Waals surface area contributed by atoms with Gasteiger partial charge in [0.05, 0.1) is 17.8 Å². The maximum absolute atomic E-state index is 11.7. The van der Waals surface area contributed by atoms with E-state index in [4.69, 9.17) is 9.47 Å². The summed E-state index contributed by atoms with van der Waals surface area (Å²) >= 11 is 3.33. The van der Waals surface area contributed by atoms with Gasteiger partial charge in [-0.1, -0.05) is 12.1 Å². The third-order valence-corrected chi connectivity index (χ3v) is 3.46. The molecule has 0 aliphatic carbocycles. The lowest BCUT2D eigenvalue weighted by Gasteiger charge is -2.06. The Morgan fingerprint density at radius 3 is 2.78 bits per heavy atom. The third-order valence-electron chi connectivity index (χ3n) is 2.80. The molecule has 0 aromatic heterocycles. The van der Waals surface area contributed by atoms with E-state index in [0.29, 0.717) is 17.1 Å². The van der Waals surface area contributed by atoms with Crippen LogP contribution < -0.4 is 14.9 Å². The Hall–Kier alpha value is -2.54. The van der Waals surface area contributed by atoms with Crippen molar-refractivity contribution >= 4 is 28.1 Å². The Labute approximate surface area is 141 Å². The number of methoxy groups -OCH3 is 1. The van der Waals surface area contributed by atoms with E-state index in [9.17, 15) is 9.90 Å². The SMILES string of the molecule is COc1ccc(/C=N\NC(=O)COc2ccccc2Br)cc1O. The molecule has 0 bridgehead atoms. The van der Waals surface area contributed by atoms with Gasteiger partial charge in [-0.3, -0.25) is 4.79 Å². The molecule has 2 aromatic rings. The first-order valence-electron chi connectivity index (χ1n) is 6.66. The smallest absolute Gasteiger partial charge is 0.277 e. The molecule has 2 aromatic carbocycles. The van der Waals surface area contributed by atoms with E-state index in [1.807, 2.05) is 18.2 Å². The van der Waals surface area contributed by atoms with Crippen molar-refractivity contribution in [1.29, 1.82) is 0 Å². The molecular formula is C16H15BrN2O4. The number of halogens is 1. The number of carbonyl (C=O) groups excluding carboxylic acids is 1. The van der Waals surface area contributed by atoms with Crippen LogP contribution in [0, 0.1) is 0 Å². The summed E-state index contributed by atoms with van der Waals surface area (Å²) in [5.41, 5.74) is 2.97. The van der Waals surface area contributed by atoms with Gasteiger partial charge < -0.3 is 14.6 Å². The van der Waals surface area contributed by atoms with E-state index in [0.717, 1.165) is 4.47 Å². The fourth-order valence-electron chi connectivity index (χ4n) is 1.70. The highest BCUT2D eigenvalue weighted by molar-refractivity contribution is 9.10. The Morgan fingerprint density at radius 2 is 2.09 bits per heavy atom. The summed E-state index contributed by atoms with van der Waals surface area (Å²) < 4.78 is 11.1. The van der Waals surface area contributed by atoms with Gasteiger partial charge >= 0.3 is 0 Å². The maximum atomic E-state index is 11.7. The summed E-state index contributed by atoms with van der Waals surface area (Å²) in [6.45, 7) is -0.159. The van der Waals surface area contributed by atoms with Crippen LogP contribution in [0.3, 0.4) is 0 Å². The van der Waals surface area contributed by atoms with Gasteiger partial charge in [-0.15, -0.1) is 0 Å². The van der Waals surface area contributed by atoms with Crippen molar-refractivity contribution < 1.29 is 19.4 Å². The van der Waals surface area contributed by atoms with Gasteiger partial charge in [0.25, 0.3) is 5.91 Å². The molecule has 6 nitrogen and oxygen atoms in total. The predicted molar refractivity (Wildman–Crippen MR) is 90.0 cm³/mol. The minimum Gasteiger partial charge on any atom is -0.504 e. The van der Waals surface area contributed by atoms with Crippen LogP contribution >= 0.6 is 15.9 Å². The third kappa shape index (κ3) is 5.00. The van der Waals surface area contributed by atoms with Crippen molar-refractivity contribution in [2.45, 2.75) is 0 Å². The molecule has 0 unspecified atom stereocenters. The molecule has 0 aliphatic heterocycles. The summed E-state index contributed by atoms with van der Waals surface area (Å²) in [5.74, 6) is 0.550. The number of nitrogens with one attached hydrogen (secondary N) is 1. The molecule has 0 saturated carbocycles. The molecule has 0 radical (unpaired) electrons. The molecule has 7 heteroatoms. The molecular weight excluding hydrogens is 364 g/mol. The fourth-order valence-corrected chi connectivity index (χ4v) is 2.10. The van der Waals surface area contributed by atoms with Crippen LogP contribution in [0.4, 0.5) is 0 Å². The van der Waals surface area contributed by atoms with E-state index in [1.165, 1.54) is 19.4 Å². The Balaban J connectivity index is 1.84. The molecule has 0 atom stereocenters. The first-order chi connectivity index (χ1) is 11.1. The number of rotatable bonds is 6. The number of phenolic OH excluding ortho intramolecular Hbond substituents is 1. The molecule has 1 amide bonds. The van der Waals surface area contributed by atoms with Crippen LogP contribution in [0.25, 0.3) is 0 Å². The standard InChI is InChI=1S/C16H15BrN2O4/c1-22-15-7-6-11(8-13(15)20)9-18-19-16(21)10-23-14-5-3-2-4-12(14)17/h2-9,20H,10H2,1H3,(H,19,21)/b18-9-. The summed E-state index contributed by atoms with van der Waals surface area (Å²) in [6.07, 6.45) is 1.41. The average Bonchev–Trinajstić information content (AvgIpc) is 2.54. The lowest BCUT2D eigenvalue weighted by atomic mass is 10.2. The summed E-state index contributed by atoms with van der Waals surface area (Å²) in [6, 6.07) is 12.0. The monoisotopic (exact) mass is 378 g/mol. The van der Waals surface area contributed by atoms with Crippen LogP contribution in [-0.4, -0.2) is 30.9 Å². The summed E-state index contributed by atoms with van der Waals surface area (Å²) in [4.78, 5) is 11.7. The van der Waals surface area contributed by atoms with Gasteiger partial charge in [-0.2, -0.15) is 5.10 Å². The minimum atomic E-state index is -0.394. The van der Waals surface area contributed by atoms with Crippen molar-refractivity contribution in [3.05, 3.63) is 52.5 Å². The van der Waals surface area contributed by atoms with Gasteiger partial charge in [0.1, 0.15) is 5.75 Å². The molecule has 120 valence electrons. The minimum absolute atomic E-state index is 0.0000349.